The van der Waals surface area contributed by atoms with Crippen molar-refractivity contribution in [3.8, 4) is 0 Å². The molecule has 2 aromatic rings. The molecule has 0 aliphatic rings. The molecule has 0 amide bonds. The van der Waals surface area contributed by atoms with Gasteiger partial charge in [0, 0.05) is 41.7 Å². The summed E-state index contributed by atoms with van der Waals surface area (Å²) < 4.78 is 0. The Balaban J connectivity index is 1.67. The molecular formula is C11H15N3S. The summed E-state index contributed by atoms with van der Waals surface area (Å²) in [7, 11) is 0. The standard InChI is InChI=1S/C11H15N3S/c1-9-2-3-10(15-9)8-12-5-4-11-13-6-7-14-11/h2-3,6-7,12H,4-5,8H2,1H3,(H,13,14). The molecule has 80 valence electrons. The third kappa shape index (κ3) is 3.18. The summed E-state index contributed by atoms with van der Waals surface area (Å²) in [4.78, 5) is 10.0. The lowest BCUT2D eigenvalue weighted by Crippen LogP contribution is -2.16. The second-order valence-corrected chi connectivity index (χ2v) is 4.85. The first-order valence-corrected chi connectivity index (χ1v) is 5.90. The van der Waals surface area contributed by atoms with Crippen LogP contribution in [0.1, 0.15) is 15.6 Å². The number of aryl methyl sites for hydroxylation is 1. The van der Waals surface area contributed by atoms with Crippen molar-refractivity contribution < 1.29 is 0 Å². The van der Waals surface area contributed by atoms with Crippen LogP contribution in [0.4, 0.5) is 0 Å². The lowest BCUT2D eigenvalue weighted by atomic mass is 10.4. The molecule has 3 nitrogen and oxygen atoms in total. The number of H-pyrrole nitrogens is 1. The molecule has 0 atom stereocenters. The van der Waals surface area contributed by atoms with E-state index < -0.39 is 0 Å². The number of hydrogen-bond donors (Lipinski definition) is 2. The summed E-state index contributed by atoms with van der Waals surface area (Å²) in [6.45, 7) is 4.06. The number of thiophene rings is 1. The molecule has 0 fully saturated rings. The van der Waals surface area contributed by atoms with Crippen LogP contribution in [0.3, 0.4) is 0 Å². The number of aromatic nitrogens is 2. The molecule has 0 radical (unpaired) electrons. The van der Waals surface area contributed by atoms with Crippen molar-refractivity contribution >= 4 is 11.3 Å². The summed E-state index contributed by atoms with van der Waals surface area (Å²) in [5.41, 5.74) is 0. The summed E-state index contributed by atoms with van der Waals surface area (Å²) in [6, 6.07) is 4.34. The van der Waals surface area contributed by atoms with Gasteiger partial charge in [-0.05, 0) is 19.1 Å². The summed E-state index contributed by atoms with van der Waals surface area (Å²) in [6.07, 6.45) is 4.60. The van der Waals surface area contributed by atoms with Gasteiger partial charge in [-0.3, -0.25) is 0 Å². The van der Waals surface area contributed by atoms with Crippen LogP contribution in [-0.4, -0.2) is 16.5 Å². The van der Waals surface area contributed by atoms with Crippen LogP contribution in [0, 0.1) is 6.92 Å². The van der Waals surface area contributed by atoms with E-state index in [0.717, 1.165) is 25.3 Å². The van der Waals surface area contributed by atoms with E-state index in [-0.39, 0.29) is 0 Å². The fourth-order valence-electron chi connectivity index (χ4n) is 1.43. The van der Waals surface area contributed by atoms with Crippen LogP contribution in [-0.2, 0) is 13.0 Å². The van der Waals surface area contributed by atoms with E-state index in [1.54, 1.807) is 6.20 Å². The summed E-state index contributed by atoms with van der Waals surface area (Å²) in [5, 5.41) is 3.40. The molecular weight excluding hydrogens is 206 g/mol. The molecule has 0 unspecified atom stereocenters. The molecule has 15 heavy (non-hydrogen) atoms. The number of rotatable bonds is 5. The van der Waals surface area contributed by atoms with Gasteiger partial charge in [-0.2, -0.15) is 0 Å². The highest BCUT2D eigenvalue weighted by Crippen LogP contribution is 2.14. The molecule has 0 aromatic carbocycles. The maximum absolute atomic E-state index is 4.17. The third-order valence-electron chi connectivity index (χ3n) is 2.19. The number of imidazole rings is 1. The lowest BCUT2D eigenvalue weighted by molar-refractivity contribution is 0.680. The molecule has 2 rings (SSSR count). The van der Waals surface area contributed by atoms with Crippen LogP contribution < -0.4 is 5.32 Å². The van der Waals surface area contributed by atoms with Gasteiger partial charge < -0.3 is 10.3 Å². The zero-order valence-corrected chi connectivity index (χ0v) is 9.60. The molecule has 0 saturated carbocycles. The number of nitrogens with zero attached hydrogens (tertiary/aromatic N) is 1. The molecule has 0 saturated heterocycles. The molecule has 2 aromatic heterocycles. The van der Waals surface area contributed by atoms with E-state index in [4.69, 9.17) is 0 Å². The van der Waals surface area contributed by atoms with E-state index in [2.05, 4.69) is 34.3 Å². The first kappa shape index (κ1) is 10.4. The Kier molecular flexibility index (Phi) is 3.53. The SMILES string of the molecule is Cc1ccc(CNCCc2ncc[nH]2)s1. The van der Waals surface area contributed by atoms with E-state index in [1.807, 2.05) is 17.5 Å². The van der Waals surface area contributed by atoms with Gasteiger partial charge in [0.15, 0.2) is 0 Å². The Morgan fingerprint density at radius 3 is 3.07 bits per heavy atom. The van der Waals surface area contributed by atoms with Gasteiger partial charge >= 0.3 is 0 Å². The van der Waals surface area contributed by atoms with Crippen LogP contribution in [0.25, 0.3) is 0 Å². The monoisotopic (exact) mass is 221 g/mol. The predicted molar refractivity (Wildman–Crippen MR) is 63.1 cm³/mol. The predicted octanol–water partition coefficient (Wildman–Crippen LogP) is 2.11. The van der Waals surface area contributed by atoms with Crippen molar-refractivity contribution in [2.45, 2.75) is 19.9 Å². The Bertz CT molecular complexity index is 392. The normalized spacial score (nSPS) is 10.7. The molecule has 0 aliphatic carbocycles. The van der Waals surface area contributed by atoms with Gasteiger partial charge in [-0.15, -0.1) is 11.3 Å². The van der Waals surface area contributed by atoms with Crippen molar-refractivity contribution in [1.29, 1.82) is 0 Å². The van der Waals surface area contributed by atoms with Gasteiger partial charge in [-0.1, -0.05) is 0 Å². The van der Waals surface area contributed by atoms with E-state index >= 15 is 0 Å². The molecule has 2 N–H and O–H groups in total. The summed E-state index contributed by atoms with van der Waals surface area (Å²) in [5.74, 6) is 1.05. The molecule has 0 bridgehead atoms. The lowest BCUT2D eigenvalue weighted by Gasteiger charge is -2.00. The minimum atomic E-state index is 0.956. The number of nitrogens with one attached hydrogen (secondary N) is 2. The molecule has 4 heteroatoms. The first-order valence-electron chi connectivity index (χ1n) is 5.09. The zero-order valence-electron chi connectivity index (χ0n) is 8.79. The Hall–Kier alpha value is -1.13. The maximum atomic E-state index is 4.17. The molecule has 0 aliphatic heterocycles. The largest absolute Gasteiger partial charge is 0.349 e. The van der Waals surface area contributed by atoms with Crippen LogP contribution in [0.2, 0.25) is 0 Å². The topological polar surface area (TPSA) is 40.7 Å². The third-order valence-corrected chi connectivity index (χ3v) is 3.19. The summed E-state index contributed by atoms with van der Waals surface area (Å²) >= 11 is 1.85. The fraction of sp³-hybridized carbons (Fsp3) is 0.364. The highest BCUT2D eigenvalue weighted by atomic mass is 32.1. The first-order chi connectivity index (χ1) is 7.34. The Labute approximate surface area is 93.6 Å². The zero-order chi connectivity index (χ0) is 10.5. The second kappa shape index (κ2) is 5.09. The fourth-order valence-corrected chi connectivity index (χ4v) is 2.29. The number of hydrogen-bond acceptors (Lipinski definition) is 3. The van der Waals surface area contributed by atoms with Gasteiger partial charge in [0.1, 0.15) is 5.82 Å². The minimum absolute atomic E-state index is 0.956. The van der Waals surface area contributed by atoms with Crippen LogP contribution in [0.15, 0.2) is 24.5 Å². The van der Waals surface area contributed by atoms with Gasteiger partial charge in [0.2, 0.25) is 0 Å². The average molecular weight is 221 g/mol. The van der Waals surface area contributed by atoms with Crippen molar-refractivity contribution in [2.24, 2.45) is 0 Å². The second-order valence-electron chi connectivity index (χ2n) is 3.48. The highest BCUT2D eigenvalue weighted by Gasteiger charge is 1.97. The van der Waals surface area contributed by atoms with Crippen molar-refractivity contribution in [3.05, 3.63) is 40.1 Å². The number of aromatic amines is 1. The average Bonchev–Trinajstić information content (AvgIpc) is 2.84. The van der Waals surface area contributed by atoms with Gasteiger partial charge in [0.25, 0.3) is 0 Å². The Morgan fingerprint density at radius 2 is 2.40 bits per heavy atom. The highest BCUT2D eigenvalue weighted by molar-refractivity contribution is 7.11. The quantitative estimate of drug-likeness (QED) is 0.759. The van der Waals surface area contributed by atoms with E-state index in [0.29, 0.717) is 0 Å². The van der Waals surface area contributed by atoms with Gasteiger partial charge in [-0.25, -0.2) is 4.98 Å². The molecule has 2 heterocycles. The van der Waals surface area contributed by atoms with E-state index in [1.165, 1.54) is 9.75 Å². The van der Waals surface area contributed by atoms with Crippen molar-refractivity contribution in [2.75, 3.05) is 6.54 Å². The minimum Gasteiger partial charge on any atom is -0.349 e. The van der Waals surface area contributed by atoms with Crippen LogP contribution in [0.5, 0.6) is 0 Å². The van der Waals surface area contributed by atoms with Crippen LogP contribution >= 0.6 is 11.3 Å². The van der Waals surface area contributed by atoms with Crippen molar-refractivity contribution in [3.63, 3.8) is 0 Å². The van der Waals surface area contributed by atoms with Crippen molar-refractivity contribution in [1.82, 2.24) is 15.3 Å². The smallest absolute Gasteiger partial charge is 0.107 e. The molecule has 0 spiro atoms. The van der Waals surface area contributed by atoms with E-state index in [9.17, 15) is 0 Å². The maximum Gasteiger partial charge on any atom is 0.107 e. The van der Waals surface area contributed by atoms with Gasteiger partial charge in [0.05, 0.1) is 0 Å². The Morgan fingerprint density at radius 1 is 1.47 bits per heavy atom.